The van der Waals surface area contributed by atoms with E-state index in [-0.39, 0.29) is 12.3 Å². The van der Waals surface area contributed by atoms with Crippen molar-refractivity contribution in [3.63, 3.8) is 0 Å². The monoisotopic (exact) mass is 575 g/mol. The van der Waals surface area contributed by atoms with Gasteiger partial charge >= 0.3 is 0 Å². The summed E-state index contributed by atoms with van der Waals surface area (Å²) in [5.41, 5.74) is 5.25. The quantitative estimate of drug-likeness (QED) is 0.268. The lowest BCUT2D eigenvalue weighted by molar-refractivity contribution is 0.386. The van der Waals surface area contributed by atoms with E-state index in [2.05, 4.69) is 25.4 Å². The first-order valence-electron chi connectivity index (χ1n) is 13.6. The minimum Gasteiger partial charge on any atom is -0.494 e. The topological polar surface area (TPSA) is 128 Å². The molecule has 7 rings (SSSR count). The number of nitrogens with one attached hydrogen (secondary N) is 1. The van der Waals surface area contributed by atoms with Gasteiger partial charge in [-0.05, 0) is 48.4 Å². The number of anilines is 2. The summed E-state index contributed by atoms with van der Waals surface area (Å²) in [5.74, 6) is 1.22. The van der Waals surface area contributed by atoms with Crippen LogP contribution in [0, 0.1) is 5.82 Å². The number of aromatic nitrogens is 10. The summed E-state index contributed by atoms with van der Waals surface area (Å²) in [6.45, 7) is 2.17. The number of fused-ring (bicyclic) bond motifs is 2. The van der Waals surface area contributed by atoms with Gasteiger partial charge < -0.3 is 14.6 Å². The molecule has 12 nitrogen and oxygen atoms in total. The van der Waals surface area contributed by atoms with Gasteiger partial charge in [-0.3, -0.25) is 9.67 Å². The van der Waals surface area contributed by atoms with Crippen LogP contribution in [0.15, 0.2) is 73.3 Å². The molecule has 1 N–H and O–H groups in total. The number of ether oxygens (including phenoxy) is 1. The third kappa shape index (κ3) is 4.80. The molecule has 0 bridgehead atoms. The average molecular weight is 576 g/mol. The van der Waals surface area contributed by atoms with Gasteiger partial charge in [-0.2, -0.15) is 9.78 Å². The van der Waals surface area contributed by atoms with Crippen LogP contribution in [0.2, 0.25) is 0 Å². The molecule has 0 unspecified atom stereocenters. The second kappa shape index (κ2) is 10.6. The molecule has 0 aliphatic heterocycles. The number of benzene rings is 2. The van der Waals surface area contributed by atoms with E-state index in [0.29, 0.717) is 46.4 Å². The average Bonchev–Trinajstić information content (AvgIpc) is 3.79. The van der Waals surface area contributed by atoms with Gasteiger partial charge in [0.05, 0.1) is 42.9 Å². The maximum Gasteiger partial charge on any atom is 0.188 e. The van der Waals surface area contributed by atoms with Gasteiger partial charge in [0.2, 0.25) is 0 Å². The highest BCUT2D eigenvalue weighted by Crippen LogP contribution is 2.35. The Bertz CT molecular complexity index is 2100. The Morgan fingerprint density at radius 2 is 1.91 bits per heavy atom. The van der Waals surface area contributed by atoms with Crippen LogP contribution < -0.4 is 9.64 Å². The molecule has 5 aromatic heterocycles. The first-order valence-corrected chi connectivity index (χ1v) is 13.6. The molecule has 214 valence electrons. The van der Waals surface area contributed by atoms with Gasteiger partial charge in [-0.1, -0.05) is 24.3 Å². The van der Waals surface area contributed by atoms with Crippen LogP contribution >= 0.6 is 0 Å². The van der Waals surface area contributed by atoms with Crippen molar-refractivity contribution in [2.75, 3.05) is 12.0 Å². The standard InChI is InChI=1S/C30H26FN11O/c1-4-18-11-24(29(31)25(12-18)43-3)41(17-26-33-15-28(36-26)42-23-8-6-5-7-20(23)38-39-42)27-10-9-21-30(37-27)35-22(14-32-21)19-13-34-40(2)16-19/h5-16H,4,17H2,1-3H3,(H,33,36). The van der Waals surface area contributed by atoms with Crippen molar-refractivity contribution >= 4 is 33.7 Å². The number of para-hydroxylation sites is 1. The summed E-state index contributed by atoms with van der Waals surface area (Å²) in [7, 11) is 3.29. The largest absolute Gasteiger partial charge is 0.494 e. The number of hydrogen-bond acceptors (Lipinski definition) is 9. The highest BCUT2D eigenvalue weighted by Gasteiger charge is 2.22. The molecule has 0 saturated heterocycles. The van der Waals surface area contributed by atoms with Gasteiger partial charge in [0.15, 0.2) is 23.0 Å². The molecule has 13 heteroatoms. The number of pyridine rings is 1. The Kier molecular flexibility index (Phi) is 6.46. The van der Waals surface area contributed by atoms with Gasteiger partial charge in [-0.15, -0.1) is 5.10 Å². The zero-order valence-electron chi connectivity index (χ0n) is 23.6. The molecule has 5 heterocycles. The summed E-state index contributed by atoms with van der Waals surface area (Å²) in [4.78, 5) is 23.9. The molecule has 0 aliphatic carbocycles. The van der Waals surface area contributed by atoms with E-state index in [1.165, 1.54) is 7.11 Å². The predicted molar refractivity (Wildman–Crippen MR) is 159 cm³/mol. The van der Waals surface area contributed by atoms with Crippen LogP contribution in [0.1, 0.15) is 18.3 Å². The Hall–Kier alpha value is -5.72. The highest BCUT2D eigenvalue weighted by atomic mass is 19.1. The second-order valence-corrected chi connectivity index (χ2v) is 9.94. The van der Waals surface area contributed by atoms with E-state index in [4.69, 9.17) is 19.7 Å². The number of methoxy groups -OCH3 is 1. The van der Waals surface area contributed by atoms with Crippen LogP contribution in [-0.4, -0.2) is 56.8 Å². The minimum atomic E-state index is -0.508. The SMILES string of the molecule is CCc1cc(OC)c(F)c(N(Cc2nc(-n3nnc4ccccc43)c[nH]2)c2ccc3ncc(-c4cnn(C)c4)nc3n2)c1. The van der Waals surface area contributed by atoms with E-state index >= 15 is 4.39 Å². The van der Waals surface area contributed by atoms with Crippen molar-refractivity contribution in [3.05, 3.63) is 90.5 Å². The number of hydrogen-bond donors (Lipinski definition) is 1. The minimum absolute atomic E-state index is 0.146. The highest BCUT2D eigenvalue weighted by molar-refractivity contribution is 5.77. The molecule has 0 atom stereocenters. The second-order valence-electron chi connectivity index (χ2n) is 9.94. The van der Waals surface area contributed by atoms with Crippen LogP contribution in [0.4, 0.5) is 15.9 Å². The van der Waals surface area contributed by atoms with E-state index in [1.54, 1.807) is 51.1 Å². The van der Waals surface area contributed by atoms with Crippen molar-refractivity contribution in [3.8, 4) is 22.8 Å². The molecule has 0 saturated carbocycles. The molecule has 43 heavy (non-hydrogen) atoms. The van der Waals surface area contributed by atoms with Crippen LogP contribution in [0.3, 0.4) is 0 Å². The Balaban J connectivity index is 1.33. The molecular formula is C30H26FN11O. The lowest BCUT2D eigenvalue weighted by atomic mass is 10.1. The summed E-state index contributed by atoms with van der Waals surface area (Å²) in [6, 6.07) is 14.8. The molecule has 0 fully saturated rings. The maximum atomic E-state index is 15.9. The van der Waals surface area contributed by atoms with Crippen LogP contribution in [-0.2, 0) is 20.0 Å². The fraction of sp³-hybridized carbons (Fsp3) is 0.167. The van der Waals surface area contributed by atoms with E-state index in [1.807, 2.05) is 50.5 Å². The Labute approximate surface area is 244 Å². The smallest absolute Gasteiger partial charge is 0.188 e. The molecule has 0 radical (unpaired) electrons. The predicted octanol–water partition coefficient (Wildman–Crippen LogP) is 4.93. The first-order chi connectivity index (χ1) is 21.0. The molecule has 0 amide bonds. The number of aryl methyl sites for hydroxylation is 2. The summed E-state index contributed by atoms with van der Waals surface area (Å²) in [6.07, 6.45) is 7.69. The lowest BCUT2D eigenvalue weighted by Crippen LogP contribution is -2.20. The van der Waals surface area contributed by atoms with Crippen molar-refractivity contribution in [1.82, 2.24) is 49.7 Å². The third-order valence-corrected chi connectivity index (χ3v) is 7.16. The van der Waals surface area contributed by atoms with Gasteiger partial charge in [0.25, 0.3) is 0 Å². The van der Waals surface area contributed by atoms with Gasteiger partial charge in [0, 0.05) is 25.0 Å². The van der Waals surface area contributed by atoms with Gasteiger partial charge in [-0.25, -0.2) is 19.3 Å². The van der Waals surface area contributed by atoms with E-state index in [0.717, 1.165) is 22.2 Å². The van der Waals surface area contributed by atoms with Crippen molar-refractivity contribution in [1.29, 1.82) is 0 Å². The molecule has 0 aliphatic rings. The van der Waals surface area contributed by atoms with Crippen LogP contribution in [0.25, 0.3) is 39.3 Å². The van der Waals surface area contributed by atoms with Gasteiger partial charge in [0.1, 0.15) is 22.7 Å². The van der Waals surface area contributed by atoms with Crippen molar-refractivity contribution < 1.29 is 9.13 Å². The first kappa shape index (κ1) is 26.2. The Morgan fingerprint density at radius 3 is 2.72 bits per heavy atom. The number of aromatic amines is 1. The molecule has 2 aromatic carbocycles. The number of imidazole rings is 1. The fourth-order valence-electron chi connectivity index (χ4n) is 4.94. The third-order valence-electron chi connectivity index (χ3n) is 7.16. The van der Waals surface area contributed by atoms with Crippen molar-refractivity contribution in [2.24, 2.45) is 7.05 Å². The molecular weight excluding hydrogens is 549 g/mol. The van der Waals surface area contributed by atoms with E-state index in [9.17, 15) is 0 Å². The number of halogens is 1. The fourth-order valence-corrected chi connectivity index (χ4v) is 4.94. The van der Waals surface area contributed by atoms with Crippen LogP contribution in [0.5, 0.6) is 5.75 Å². The Morgan fingerprint density at radius 1 is 1.02 bits per heavy atom. The zero-order chi connectivity index (χ0) is 29.5. The maximum absolute atomic E-state index is 15.9. The normalized spacial score (nSPS) is 11.4. The van der Waals surface area contributed by atoms with E-state index < -0.39 is 5.82 Å². The molecule has 0 spiro atoms. The number of nitrogens with zero attached hydrogens (tertiary/aromatic N) is 10. The summed E-state index contributed by atoms with van der Waals surface area (Å²) < 4.78 is 24.7. The van der Waals surface area contributed by atoms with Crippen molar-refractivity contribution in [2.45, 2.75) is 19.9 Å². The summed E-state index contributed by atoms with van der Waals surface area (Å²) in [5, 5.41) is 12.7. The molecule has 7 aromatic rings. The lowest BCUT2D eigenvalue weighted by Gasteiger charge is -2.25. The zero-order valence-corrected chi connectivity index (χ0v) is 23.6. The number of rotatable bonds is 8. The summed E-state index contributed by atoms with van der Waals surface area (Å²) >= 11 is 0. The number of H-pyrrole nitrogens is 1.